The van der Waals surface area contributed by atoms with Crippen LogP contribution in [0, 0.1) is 5.82 Å². The molecule has 168 valence electrons. The zero-order valence-electron chi connectivity index (χ0n) is 18.7. The highest BCUT2D eigenvalue weighted by Gasteiger charge is 2.24. The van der Waals surface area contributed by atoms with Crippen molar-refractivity contribution in [1.82, 2.24) is 24.8 Å². The van der Waals surface area contributed by atoms with Gasteiger partial charge in [-0.2, -0.15) is 0 Å². The van der Waals surface area contributed by atoms with Gasteiger partial charge in [0.1, 0.15) is 17.3 Å². The first kappa shape index (κ1) is 22.1. The summed E-state index contributed by atoms with van der Waals surface area (Å²) < 4.78 is 13.4. The summed E-state index contributed by atoms with van der Waals surface area (Å²) in [6, 6.07) is 7.66. The third-order valence-electron chi connectivity index (χ3n) is 5.21. The van der Waals surface area contributed by atoms with Crippen molar-refractivity contribution in [2.45, 2.75) is 19.8 Å². The molecule has 0 saturated heterocycles. The lowest BCUT2D eigenvalue weighted by molar-refractivity contribution is -0.124. The molecule has 0 atom stereocenters. The number of H-pyrrole nitrogens is 1. The first-order chi connectivity index (χ1) is 15.8. The second-order valence-electron chi connectivity index (χ2n) is 8.10. The summed E-state index contributed by atoms with van der Waals surface area (Å²) in [7, 11) is 3.05. The van der Waals surface area contributed by atoms with Gasteiger partial charge in [0.05, 0.1) is 16.6 Å². The Kier molecular flexibility index (Phi) is 5.87. The number of halogens is 1. The molecule has 0 spiro atoms. The van der Waals surface area contributed by atoms with Crippen molar-refractivity contribution < 1.29 is 14.0 Å². The summed E-state index contributed by atoms with van der Waals surface area (Å²) in [5.41, 5.74) is 2.79. The van der Waals surface area contributed by atoms with Crippen LogP contribution in [0.5, 0.6) is 0 Å². The van der Waals surface area contributed by atoms with E-state index in [9.17, 15) is 14.0 Å². The van der Waals surface area contributed by atoms with Gasteiger partial charge in [-0.3, -0.25) is 9.59 Å². The molecule has 0 saturated carbocycles. The number of carbonyl (C=O) groups excluding carboxylic acids is 2. The van der Waals surface area contributed by atoms with Gasteiger partial charge in [0.25, 0.3) is 11.7 Å². The normalized spacial score (nSPS) is 11.1. The number of hydrogen-bond acceptors (Lipinski definition) is 6. The lowest BCUT2D eigenvalue weighted by Gasteiger charge is -2.16. The number of anilines is 2. The standard InChI is InChI=1S/C24H23FN6O2/c1-13(2)16-11-27-21(14-5-7-15(25)8-6-14)30-22(16)29-18-9-10-26-23-19(18)17(12-28-23)20(32)24(33)31(3)4/h5-13H,1-4H3,(H2,26,27,28,29,30). The molecule has 4 rings (SSSR count). The monoisotopic (exact) mass is 446 g/mol. The SMILES string of the molecule is CC(C)c1cnc(-c2ccc(F)cc2)nc1Nc1ccnc2[nH]cc(C(=O)C(=O)N(C)C)c12. The minimum Gasteiger partial charge on any atom is -0.345 e. The van der Waals surface area contributed by atoms with E-state index in [0.29, 0.717) is 33.9 Å². The van der Waals surface area contributed by atoms with Crippen molar-refractivity contribution in [3.8, 4) is 11.4 Å². The van der Waals surface area contributed by atoms with Crippen molar-refractivity contribution in [3.63, 3.8) is 0 Å². The molecule has 0 radical (unpaired) electrons. The molecule has 33 heavy (non-hydrogen) atoms. The number of Topliss-reactive ketones (excluding diaryl/α,β-unsaturated/α-hetero) is 1. The van der Waals surface area contributed by atoms with Gasteiger partial charge in [0.2, 0.25) is 0 Å². The van der Waals surface area contributed by atoms with Crippen LogP contribution in [-0.4, -0.2) is 50.6 Å². The van der Waals surface area contributed by atoms with Crippen LogP contribution >= 0.6 is 0 Å². The summed E-state index contributed by atoms with van der Waals surface area (Å²) in [5.74, 6) is -0.525. The number of amides is 1. The fourth-order valence-corrected chi connectivity index (χ4v) is 3.44. The van der Waals surface area contributed by atoms with E-state index in [-0.39, 0.29) is 17.3 Å². The zero-order chi connectivity index (χ0) is 23.7. The van der Waals surface area contributed by atoms with E-state index < -0.39 is 11.7 Å². The number of benzene rings is 1. The van der Waals surface area contributed by atoms with Gasteiger partial charge in [-0.1, -0.05) is 13.8 Å². The van der Waals surface area contributed by atoms with E-state index in [1.54, 1.807) is 30.6 Å². The average Bonchev–Trinajstić information content (AvgIpc) is 3.23. The summed E-state index contributed by atoms with van der Waals surface area (Å²) in [4.78, 5) is 42.7. The largest absolute Gasteiger partial charge is 0.345 e. The van der Waals surface area contributed by atoms with Gasteiger partial charge in [-0.15, -0.1) is 0 Å². The van der Waals surface area contributed by atoms with Crippen LogP contribution in [0.4, 0.5) is 15.9 Å². The van der Waals surface area contributed by atoms with Crippen LogP contribution in [0.2, 0.25) is 0 Å². The number of fused-ring (bicyclic) bond motifs is 1. The van der Waals surface area contributed by atoms with Crippen LogP contribution in [0.3, 0.4) is 0 Å². The van der Waals surface area contributed by atoms with Gasteiger partial charge in [0.15, 0.2) is 5.82 Å². The zero-order valence-corrected chi connectivity index (χ0v) is 18.7. The molecular formula is C24H23FN6O2. The maximum absolute atomic E-state index is 13.4. The molecule has 1 amide bonds. The lowest BCUT2D eigenvalue weighted by atomic mass is 10.0. The first-order valence-electron chi connectivity index (χ1n) is 10.4. The van der Waals surface area contributed by atoms with Crippen molar-refractivity contribution in [2.75, 3.05) is 19.4 Å². The molecule has 0 fully saturated rings. The summed E-state index contributed by atoms with van der Waals surface area (Å²) in [5, 5.41) is 3.80. The van der Waals surface area contributed by atoms with Gasteiger partial charge < -0.3 is 15.2 Å². The topological polar surface area (TPSA) is 104 Å². The molecule has 0 aliphatic heterocycles. The number of likely N-dealkylation sites (N-methyl/N-ethyl adjacent to an activating group) is 1. The van der Waals surface area contributed by atoms with Crippen LogP contribution < -0.4 is 5.32 Å². The number of aromatic amines is 1. The number of ketones is 1. The highest BCUT2D eigenvalue weighted by atomic mass is 19.1. The summed E-state index contributed by atoms with van der Waals surface area (Å²) in [6.07, 6.45) is 4.82. The Morgan fingerprint density at radius 1 is 1.09 bits per heavy atom. The van der Waals surface area contributed by atoms with Crippen molar-refractivity contribution >= 4 is 34.2 Å². The molecular weight excluding hydrogens is 423 g/mol. The fourth-order valence-electron chi connectivity index (χ4n) is 3.44. The van der Waals surface area contributed by atoms with Crippen molar-refractivity contribution in [1.29, 1.82) is 0 Å². The number of aromatic nitrogens is 4. The van der Waals surface area contributed by atoms with E-state index in [2.05, 4.69) is 25.3 Å². The number of carbonyl (C=O) groups is 2. The van der Waals surface area contributed by atoms with Crippen molar-refractivity contribution in [3.05, 3.63) is 65.9 Å². The smallest absolute Gasteiger partial charge is 0.294 e. The Labute approximate surface area is 189 Å². The summed E-state index contributed by atoms with van der Waals surface area (Å²) >= 11 is 0. The summed E-state index contributed by atoms with van der Waals surface area (Å²) in [6.45, 7) is 4.04. The third kappa shape index (κ3) is 4.30. The Hall–Kier alpha value is -4.14. The quantitative estimate of drug-likeness (QED) is 0.338. The van der Waals surface area contributed by atoms with Crippen LogP contribution in [0.15, 0.2) is 48.9 Å². The molecule has 4 aromatic rings. The van der Waals surface area contributed by atoms with Crippen molar-refractivity contribution in [2.24, 2.45) is 0 Å². The number of hydrogen-bond donors (Lipinski definition) is 2. The maximum atomic E-state index is 13.4. The molecule has 3 heterocycles. The predicted octanol–water partition coefficient (Wildman–Crippen LogP) is 4.30. The second kappa shape index (κ2) is 8.78. The van der Waals surface area contributed by atoms with Crippen LogP contribution in [0.25, 0.3) is 22.4 Å². The third-order valence-corrected chi connectivity index (χ3v) is 5.21. The van der Waals surface area contributed by atoms with Gasteiger partial charge >= 0.3 is 0 Å². The van der Waals surface area contributed by atoms with E-state index in [1.165, 1.54) is 37.3 Å². The minimum atomic E-state index is -0.638. The van der Waals surface area contributed by atoms with Gasteiger partial charge in [-0.05, 0) is 36.2 Å². The van der Waals surface area contributed by atoms with Crippen LogP contribution in [-0.2, 0) is 4.79 Å². The lowest BCUT2D eigenvalue weighted by Crippen LogP contribution is -2.29. The molecule has 0 aliphatic carbocycles. The second-order valence-corrected chi connectivity index (χ2v) is 8.10. The molecule has 0 bridgehead atoms. The number of pyridine rings is 1. The van der Waals surface area contributed by atoms with Crippen LogP contribution in [0.1, 0.15) is 35.7 Å². The van der Waals surface area contributed by atoms with E-state index in [4.69, 9.17) is 0 Å². The molecule has 3 aromatic heterocycles. The number of nitrogens with zero attached hydrogens (tertiary/aromatic N) is 4. The Morgan fingerprint density at radius 3 is 2.48 bits per heavy atom. The number of rotatable bonds is 6. The highest BCUT2D eigenvalue weighted by molar-refractivity contribution is 6.45. The molecule has 1 aromatic carbocycles. The first-order valence-corrected chi connectivity index (χ1v) is 10.4. The molecule has 0 aliphatic rings. The Morgan fingerprint density at radius 2 is 1.82 bits per heavy atom. The average molecular weight is 446 g/mol. The Balaban J connectivity index is 1.81. The highest BCUT2D eigenvalue weighted by Crippen LogP contribution is 2.32. The molecule has 0 unspecified atom stereocenters. The minimum absolute atomic E-state index is 0.106. The number of nitrogens with one attached hydrogen (secondary N) is 2. The molecule has 8 nitrogen and oxygen atoms in total. The maximum Gasteiger partial charge on any atom is 0.294 e. The van der Waals surface area contributed by atoms with E-state index in [0.717, 1.165) is 5.56 Å². The molecule has 9 heteroatoms. The van der Waals surface area contributed by atoms with Gasteiger partial charge in [0, 0.05) is 43.8 Å². The predicted molar refractivity (Wildman–Crippen MR) is 124 cm³/mol. The van der Waals surface area contributed by atoms with Gasteiger partial charge in [-0.25, -0.2) is 19.3 Å². The fraction of sp³-hybridized carbons (Fsp3) is 0.208. The Bertz CT molecular complexity index is 1350. The van der Waals surface area contributed by atoms with E-state index in [1.807, 2.05) is 13.8 Å². The van der Waals surface area contributed by atoms with E-state index >= 15 is 0 Å². The molecule has 2 N–H and O–H groups in total.